The van der Waals surface area contributed by atoms with Gasteiger partial charge in [0.05, 0.1) is 81.0 Å². The van der Waals surface area contributed by atoms with E-state index in [0.717, 1.165) is 141 Å². The molecule has 22 nitrogen and oxygen atoms in total. The average Bonchev–Trinajstić information content (AvgIpc) is 1.44. The fourth-order valence-corrected chi connectivity index (χ4v) is 20.2. The molecule has 9 aromatic rings. The number of benzene rings is 9. The van der Waals surface area contributed by atoms with Gasteiger partial charge >= 0.3 is 0 Å². The lowest BCUT2D eigenvalue weighted by atomic mass is 9.67. The third-order valence-electron chi connectivity index (χ3n) is 24.8. The molecule has 11 atom stereocenters. The summed E-state index contributed by atoms with van der Waals surface area (Å²) in [6, 6.07) is 55.6. The van der Waals surface area contributed by atoms with Gasteiger partial charge in [-0.2, -0.15) is 21.9 Å². The fraction of sp³-hybridized carbons (Fsp3) is 0.389. The highest BCUT2D eigenvalue weighted by Crippen LogP contribution is 2.52. The molecule has 4 aliphatic rings. The molecule has 0 spiro atoms. The van der Waals surface area contributed by atoms with Gasteiger partial charge in [-0.25, -0.2) is 4.39 Å². The second kappa shape index (κ2) is 36.3. The van der Waals surface area contributed by atoms with Gasteiger partial charge in [0.2, 0.25) is 0 Å². The number of hydrogen-bond donors (Lipinski definition) is 17. The zero-order valence-corrected chi connectivity index (χ0v) is 70.3. The lowest BCUT2D eigenvalue weighted by molar-refractivity contribution is 0.0715. The Kier molecular flexibility index (Phi) is 26.5. The molecule has 622 valence electrons. The first-order chi connectivity index (χ1) is 56.7. The van der Waals surface area contributed by atoms with Gasteiger partial charge in [-0.1, -0.05) is 133 Å². The Bertz CT molecular complexity index is 5190. The van der Waals surface area contributed by atoms with Crippen LogP contribution in [0.5, 0.6) is 0 Å². The van der Waals surface area contributed by atoms with Crippen molar-refractivity contribution in [3.63, 3.8) is 0 Å². The molecule has 0 saturated carbocycles. The SMILES string of the molecule is CNC(=N)C1(C[C@@H](C)N)c2ccc(C(NOC)c3ccc4c(c3)CCc3cc(C(NOC)c5ccc6c(c5)CCc5cc(NOC)ccc5C6(C[C@H](C)N)C(=N)Nc5ccc(F)cc5)ccc3C4(C[C@@H](C)N)C(=N)N)cc2CCc2cc(C(NOC)c3ccc4c(c3)CCc3cc(CNOC)ccc3C4(C[C@@H](C)N)C(=N)NC(C)C)ccc21. The highest BCUT2D eigenvalue weighted by atomic mass is 19.1. The summed E-state index contributed by atoms with van der Waals surface area (Å²) >= 11 is 0. The van der Waals surface area contributed by atoms with E-state index in [4.69, 9.17) is 52.9 Å². The summed E-state index contributed by atoms with van der Waals surface area (Å²) in [5.41, 5.74) is 71.7. The van der Waals surface area contributed by atoms with Crippen LogP contribution in [0.25, 0.3) is 0 Å². The third kappa shape index (κ3) is 16.5. The molecule has 22 N–H and O–H groups in total. The molecule has 9 aromatic carbocycles. The van der Waals surface area contributed by atoms with Crippen molar-refractivity contribution in [3.8, 4) is 0 Å². The molecule has 13 rings (SSSR count). The Morgan fingerprint density at radius 2 is 0.678 bits per heavy atom. The van der Waals surface area contributed by atoms with Crippen LogP contribution in [-0.2, 0) is 104 Å². The molecule has 0 radical (unpaired) electrons. The van der Waals surface area contributed by atoms with E-state index in [9.17, 15) is 26.0 Å². The Morgan fingerprint density at radius 1 is 0.373 bits per heavy atom. The molecule has 0 saturated heterocycles. The van der Waals surface area contributed by atoms with Crippen molar-refractivity contribution in [2.75, 3.05) is 53.4 Å². The first kappa shape index (κ1) is 85.9. The molecule has 0 aromatic heterocycles. The number of halogens is 1. The summed E-state index contributed by atoms with van der Waals surface area (Å²) in [7, 11) is 9.94. The minimum atomic E-state index is -1.11. The van der Waals surface area contributed by atoms with Crippen molar-refractivity contribution in [1.82, 2.24) is 32.6 Å². The van der Waals surface area contributed by atoms with Crippen LogP contribution in [-0.4, -0.2) is 96.1 Å². The summed E-state index contributed by atoms with van der Waals surface area (Å²) in [4.78, 5) is 28.5. The topological polar surface area (TPSA) is 368 Å². The van der Waals surface area contributed by atoms with Gasteiger partial charge in [-0.3, -0.25) is 32.0 Å². The maximum atomic E-state index is 14.4. The van der Waals surface area contributed by atoms with Crippen molar-refractivity contribution in [3.05, 3.63) is 304 Å². The molecule has 0 bridgehead atoms. The molecule has 0 aliphatic heterocycles. The normalized spacial score (nSPS) is 20.3. The Labute approximate surface area is 694 Å². The number of amidine groups is 4. The summed E-state index contributed by atoms with van der Waals surface area (Å²) in [5, 5.41) is 50.3. The predicted octanol–water partition coefficient (Wildman–Crippen LogP) is 12.9. The van der Waals surface area contributed by atoms with Gasteiger partial charge in [-0.05, 0) is 283 Å². The summed E-state index contributed by atoms with van der Waals surface area (Å²) in [6.07, 6.45) is 7.05. The van der Waals surface area contributed by atoms with E-state index >= 15 is 0 Å². The number of nitrogens with one attached hydrogen (secondary N) is 12. The number of rotatable bonds is 31. The van der Waals surface area contributed by atoms with Crippen molar-refractivity contribution in [2.24, 2.45) is 28.7 Å². The fourth-order valence-electron chi connectivity index (χ4n) is 20.2. The number of hydroxylamine groups is 4. The summed E-state index contributed by atoms with van der Waals surface area (Å²) < 4.78 is 14.4. The Morgan fingerprint density at radius 3 is 1.00 bits per heavy atom. The van der Waals surface area contributed by atoms with Gasteiger partial charge in [-0.15, -0.1) is 0 Å². The number of likely N-dealkylation sites (N-methyl/N-ethyl adjacent to an activating group) is 1. The van der Waals surface area contributed by atoms with Crippen molar-refractivity contribution in [1.29, 1.82) is 21.6 Å². The van der Waals surface area contributed by atoms with Gasteiger partial charge < -0.3 is 64.0 Å². The van der Waals surface area contributed by atoms with Crippen LogP contribution in [0.3, 0.4) is 0 Å². The van der Waals surface area contributed by atoms with E-state index in [2.05, 4.69) is 197 Å². The largest absolute Gasteiger partial charge is 0.387 e. The zero-order chi connectivity index (χ0) is 84.1. The maximum Gasteiger partial charge on any atom is 0.123 e. The molecule has 0 amide bonds. The van der Waals surface area contributed by atoms with E-state index < -0.39 is 39.8 Å². The highest BCUT2D eigenvalue weighted by Gasteiger charge is 2.50. The van der Waals surface area contributed by atoms with Gasteiger partial charge in [0.1, 0.15) is 29.2 Å². The molecule has 4 aliphatic carbocycles. The average molecular weight is 1600 g/mol. The van der Waals surface area contributed by atoms with Gasteiger partial charge in [0, 0.05) is 49.5 Å². The highest BCUT2D eigenvalue weighted by molar-refractivity contribution is 6.05. The zero-order valence-electron chi connectivity index (χ0n) is 70.3. The predicted molar refractivity (Wildman–Crippen MR) is 470 cm³/mol. The smallest absolute Gasteiger partial charge is 0.123 e. The van der Waals surface area contributed by atoms with E-state index in [1.165, 1.54) is 17.7 Å². The monoisotopic (exact) mass is 1600 g/mol. The number of anilines is 2. The van der Waals surface area contributed by atoms with E-state index in [-0.39, 0.29) is 47.7 Å². The van der Waals surface area contributed by atoms with Crippen LogP contribution in [0, 0.1) is 27.5 Å². The maximum absolute atomic E-state index is 14.4. The van der Waals surface area contributed by atoms with E-state index in [0.29, 0.717) is 88.1 Å². The molecular formula is C95H120FN17O5. The third-order valence-corrected chi connectivity index (χ3v) is 24.8. The van der Waals surface area contributed by atoms with Crippen LogP contribution in [0.15, 0.2) is 170 Å². The van der Waals surface area contributed by atoms with Crippen LogP contribution in [0.1, 0.15) is 213 Å². The number of aryl methyl sites for hydroxylation is 8. The standard InChI is InChI=1S/C95H120FN17O5/c1-54(2)108-90(104)94(51-57(5)99)79-33-13-59(53-107-114-8)41-60(79)14-15-65-46-72(26-38-82(65)94)87(113-118-12)71-25-37-81-64(45-71)19-18-63-44-70(24-36-80(63)93(81,50-56(4)98)89(103)106-7)85(111-116-10)68-22-34-77-61(42-68)16-17-62-43-69(23-35-78(62)92(77,88(101)102)49-55(3)97)86(112-117-11)73-27-39-83-66(47-73)20-21-67-48-76(110-115-9)32-40-84(67)95(83,52-58(6)100)91(105)109-75-30-28-74(96)29-31-75/h13,22-48,54-58,85-87,107,110-113H,14-21,49-53,97-100H2,1-12H3,(H3,101,102)(H2,103,106)(H2,104,108)(H2,105,109)/t55-,56-,57-,58+,85?,86?,87?,92?,93?,94?,95?/m1/s1. The second-order valence-electron chi connectivity index (χ2n) is 33.5. The van der Waals surface area contributed by atoms with Crippen LogP contribution < -0.4 is 72.0 Å². The van der Waals surface area contributed by atoms with Crippen LogP contribution in [0.2, 0.25) is 0 Å². The van der Waals surface area contributed by atoms with Gasteiger partial charge in [0.15, 0.2) is 0 Å². The first-order valence-corrected chi connectivity index (χ1v) is 41.3. The lowest BCUT2D eigenvalue weighted by Gasteiger charge is -2.40. The number of fused-ring (bicyclic) bond motifs is 8. The van der Waals surface area contributed by atoms with E-state index in [1.807, 2.05) is 40.8 Å². The molecule has 0 fully saturated rings. The Hall–Kier alpha value is -9.93. The van der Waals surface area contributed by atoms with Crippen LogP contribution >= 0.6 is 0 Å². The number of nitrogens with two attached hydrogens (primary N) is 5. The Balaban J connectivity index is 0.844. The summed E-state index contributed by atoms with van der Waals surface area (Å²) in [6.45, 7) is 12.7. The molecular weight excluding hydrogens is 1480 g/mol. The second-order valence-corrected chi connectivity index (χ2v) is 33.5. The van der Waals surface area contributed by atoms with E-state index in [1.54, 1.807) is 47.7 Å². The molecule has 118 heavy (non-hydrogen) atoms. The molecule has 0 heterocycles. The summed E-state index contributed by atoms with van der Waals surface area (Å²) in [5.74, 6) is 0.600. The quantitative estimate of drug-likeness (QED) is 0.0109. The minimum Gasteiger partial charge on any atom is -0.387 e. The van der Waals surface area contributed by atoms with Crippen molar-refractivity contribution < 1.29 is 28.6 Å². The molecule has 23 heteroatoms. The first-order valence-electron chi connectivity index (χ1n) is 41.3. The van der Waals surface area contributed by atoms with Crippen LogP contribution in [0.4, 0.5) is 15.8 Å². The van der Waals surface area contributed by atoms with Crippen molar-refractivity contribution in [2.45, 2.75) is 195 Å². The number of hydrogen-bond acceptors (Lipinski definition) is 18. The van der Waals surface area contributed by atoms with Gasteiger partial charge in [0.25, 0.3) is 0 Å². The molecule has 7 unspecified atom stereocenters. The minimum absolute atomic E-state index is 0.00380. The van der Waals surface area contributed by atoms with Crippen molar-refractivity contribution >= 4 is 34.7 Å². The lowest BCUT2D eigenvalue weighted by Crippen LogP contribution is -2.50.